The average Bonchev–Trinajstić information content (AvgIpc) is 3.36. The van der Waals surface area contributed by atoms with Crippen LogP contribution in [0.2, 0.25) is 0 Å². The minimum absolute atomic E-state index is 0.00415. The van der Waals surface area contributed by atoms with Gasteiger partial charge in [0, 0.05) is 42.3 Å². The van der Waals surface area contributed by atoms with Gasteiger partial charge in [0.1, 0.15) is 0 Å². The van der Waals surface area contributed by atoms with Crippen molar-refractivity contribution < 1.29 is 9.59 Å². The van der Waals surface area contributed by atoms with E-state index in [0.717, 1.165) is 41.3 Å². The maximum atomic E-state index is 13.2. The Morgan fingerprint density at radius 3 is 2.15 bits per heavy atom. The summed E-state index contributed by atoms with van der Waals surface area (Å²) < 4.78 is 0. The number of carbonyl (C=O) groups excluding carboxylic acids is 2. The molecule has 2 amide bonds. The van der Waals surface area contributed by atoms with Crippen molar-refractivity contribution >= 4 is 34.6 Å². The van der Waals surface area contributed by atoms with Crippen molar-refractivity contribution in [1.29, 1.82) is 0 Å². The number of nitrogens with zero attached hydrogens (tertiary/aromatic N) is 2. The fraction of sp³-hybridized carbons (Fsp3) is 0.235. The highest BCUT2D eigenvalue weighted by atomic mass is 16.2. The van der Waals surface area contributed by atoms with Crippen LogP contribution in [0.25, 0.3) is 0 Å². The van der Waals surface area contributed by atoms with E-state index in [4.69, 9.17) is 0 Å². The molecule has 0 bridgehead atoms. The average molecular weight is 518 g/mol. The maximum absolute atomic E-state index is 13.2. The predicted molar refractivity (Wildman–Crippen MR) is 160 cm³/mol. The lowest BCUT2D eigenvalue weighted by Crippen LogP contribution is -2.29. The molecule has 1 unspecified atom stereocenters. The molecule has 1 atom stereocenters. The predicted octanol–water partition coefficient (Wildman–Crippen LogP) is 7.18. The maximum Gasteiger partial charge on any atom is 0.229 e. The number of carbonyl (C=O) groups is 2. The summed E-state index contributed by atoms with van der Waals surface area (Å²) in [6, 6.07) is 36.7. The molecule has 4 aromatic rings. The van der Waals surface area contributed by atoms with Crippen molar-refractivity contribution in [2.24, 2.45) is 5.92 Å². The van der Waals surface area contributed by atoms with Crippen molar-refractivity contribution in [2.45, 2.75) is 32.6 Å². The number of anilines is 4. The minimum atomic E-state index is -0.385. The molecule has 1 aliphatic rings. The van der Waals surface area contributed by atoms with Crippen LogP contribution in [0, 0.1) is 5.92 Å². The molecule has 1 saturated heterocycles. The van der Waals surface area contributed by atoms with Crippen molar-refractivity contribution in [1.82, 2.24) is 0 Å². The molecule has 0 aromatic heterocycles. The van der Waals surface area contributed by atoms with E-state index in [-0.39, 0.29) is 24.2 Å². The lowest BCUT2D eigenvalue weighted by Gasteiger charge is -2.25. The summed E-state index contributed by atoms with van der Waals surface area (Å²) in [7, 11) is 0. The molecule has 39 heavy (non-hydrogen) atoms. The van der Waals surface area contributed by atoms with E-state index >= 15 is 0 Å². The highest BCUT2D eigenvalue weighted by molar-refractivity contribution is 6.04. The van der Waals surface area contributed by atoms with Gasteiger partial charge in [0.2, 0.25) is 11.8 Å². The topological polar surface area (TPSA) is 52.7 Å². The molecule has 5 heteroatoms. The van der Waals surface area contributed by atoms with Crippen LogP contribution in [-0.4, -0.2) is 24.9 Å². The minimum Gasteiger partial charge on any atom is -0.341 e. The van der Waals surface area contributed by atoms with Crippen molar-refractivity contribution in [2.75, 3.05) is 28.2 Å². The number of hydrogen-bond donors (Lipinski definition) is 1. The van der Waals surface area contributed by atoms with E-state index in [1.807, 2.05) is 66.7 Å². The summed E-state index contributed by atoms with van der Waals surface area (Å²) in [5.74, 6) is -0.215. The smallest absolute Gasteiger partial charge is 0.229 e. The first-order chi connectivity index (χ1) is 19.0. The first-order valence-corrected chi connectivity index (χ1v) is 13.7. The standard InChI is InChI=1S/C34H35N3O2/c1-25(2)31-15-9-10-16-32(31)37-24-27(23-33(37)38)34(39)35-28-17-19-30(20-18-28)36(29-13-7-4-8-14-29)22-21-26-11-5-3-6-12-26/h3-20,25,27H,21-24H2,1-2H3,(H,35,39). The van der Waals surface area contributed by atoms with Crippen molar-refractivity contribution in [3.05, 3.63) is 120 Å². The number of hydrogen-bond acceptors (Lipinski definition) is 3. The van der Waals surface area contributed by atoms with E-state index in [1.54, 1.807) is 4.90 Å². The van der Waals surface area contributed by atoms with Gasteiger partial charge in [-0.25, -0.2) is 0 Å². The van der Waals surface area contributed by atoms with Crippen LogP contribution >= 0.6 is 0 Å². The van der Waals surface area contributed by atoms with Gasteiger partial charge >= 0.3 is 0 Å². The van der Waals surface area contributed by atoms with Gasteiger partial charge in [0.05, 0.1) is 5.92 Å². The lowest BCUT2D eigenvalue weighted by atomic mass is 10.0. The van der Waals surface area contributed by atoms with Gasteiger partial charge < -0.3 is 15.1 Å². The molecule has 198 valence electrons. The van der Waals surface area contributed by atoms with Gasteiger partial charge in [-0.15, -0.1) is 0 Å². The number of amides is 2. The van der Waals surface area contributed by atoms with Gasteiger partial charge in [-0.1, -0.05) is 80.6 Å². The zero-order chi connectivity index (χ0) is 27.2. The van der Waals surface area contributed by atoms with Gasteiger partial charge in [0.15, 0.2) is 0 Å². The summed E-state index contributed by atoms with van der Waals surface area (Å²) in [6.07, 6.45) is 1.14. The van der Waals surface area contributed by atoms with Gasteiger partial charge in [-0.2, -0.15) is 0 Å². The fourth-order valence-electron chi connectivity index (χ4n) is 5.21. The molecule has 0 spiro atoms. The van der Waals surface area contributed by atoms with Crippen LogP contribution in [0.3, 0.4) is 0 Å². The zero-order valence-corrected chi connectivity index (χ0v) is 22.6. The Morgan fingerprint density at radius 1 is 0.846 bits per heavy atom. The summed E-state index contributed by atoms with van der Waals surface area (Å²) in [4.78, 5) is 30.1. The third-order valence-corrected chi connectivity index (χ3v) is 7.33. The van der Waals surface area contributed by atoms with Crippen LogP contribution < -0.4 is 15.1 Å². The summed E-state index contributed by atoms with van der Waals surface area (Å²) in [6.45, 7) is 5.47. The Morgan fingerprint density at radius 2 is 1.46 bits per heavy atom. The van der Waals surface area contributed by atoms with E-state index < -0.39 is 0 Å². The SMILES string of the molecule is CC(C)c1ccccc1N1CC(C(=O)Nc2ccc(N(CCc3ccccc3)c3ccccc3)cc2)CC1=O. The Labute approximate surface area is 231 Å². The van der Waals surface area contributed by atoms with Gasteiger partial charge in [-0.05, 0) is 65.9 Å². The second-order valence-corrected chi connectivity index (χ2v) is 10.4. The van der Waals surface area contributed by atoms with Crippen LogP contribution in [0.4, 0.5) is 22.7 Å². The third-order valence-electron chi connectivity index (χ3n) is 7.33. The molecule has 5 rings (SSSR count). The molecule has 1 N–H and O–H groups in total. The molecule has 0 radical (unpaired) electrons. The Hall–Kier alpha value is -4.38. The highest BCUT2D eigenvalue weighted by Crippen LogP contribution is 2.33. The molecular weight excluding hydrogens is 482 g/mol. The van der Waals surface area contributed by atoms with Crippen LogP contribution in [-0.2, 0) is 16.0 Å². The molecule has 1 aliphatic heterocycles. The third kappa shape index (κ3) is 6.20. The van der Waals surface area contributed by atoms with E-state index in [2.05, 4.69) is 66.5 Å². The highest BCUT2D eigenvalue weighted by Gasteiger charge is 2.36. The first kappa shape index (κ1) is 26.2. The van der Waals surface area contributed by atoms with E-state index in [1.165, 1.54) is 5.56 Å². The van der Waals surface area contributed by atoms with Crippen molar-refractivity contribution in [3.63, 3.8) is 0 Å². The van der Waals surface area contributed by atoms with Crippen LogP contribution in [0.15, 0.2) is 109 Å². The summed E-state index contributed by atoms with van der Waals surface area (Å²) in [5, 5.41) is 3.04. The summed E-state index contributed by atoms with van der Waals surface area (Å²) in [5.41, 5.74) is 6.23. The van der Waals surface area contributed by atoms with Gasteiger partial charge in [0.25, 0.3) is 0 Å². The number of benzene rings is 4. The van der Waals surface area contributed by atoms with Crippen LogP contribution in [0.1, 0.15) is 37.3 Å². The second kappa shape index (κ2) is 12.0. The Bertz CT molecular complexity index is 1400. The van der Waals surface area contributed by atoms with Crippen molar-refractivity contribution in [3.8, 4) is 0 Å². The van der Waals surface area contributed by atoms with Crippen LogP contribution in [0.5, 0.6) is 0 Å². The Balaban J connectivity index is 1.27. The number of para-hydroxylation sites is 2. The molecule has 0 aliphatic carbocycles. The molecule has 1 heterocycles. The molecule has 1 fully saturated rings. The Kier molecular flexibility index (Phi) is 8.07. The lowest BCUT2D eigenvalue weighted by molar-refractivity contribution is -0.122. The number of nitrogens with one attached hydrogen (secondary N) is 1. The fourth-order valence-corrected chi connectivity index (χ4v) is 5.21. The quantitative estimate of drug-likeness (QED) is 0.256. The zero-order valence-electron chi connectivity index (χ0n) is 22.6. The monoisotopic (exact) mass is 517 g/mol. The largest absolute Gasteiger partial charge is 0.341 e. The molecule has 0 saturated carbocycles. The van der Waals surface area contributed by atoms with E-state index in [9.17, 15) is 9.59 Å². The second-order valence-electron chi connectivity index (χ2n) is 10.4. The normalized spacial score (nSPS) is 15.0. The van der Waals surface area contributed by atoms with Gasteiger partial charge in [-0.3, -0.25) is 9.59 Å². The molecular formula is C34H35N3O2. The number of rotatable bonds is 9. The molecule has 5 nitrogen and oxygen atoms in total. The van der Waals surface area contributed by atoms with E-state index in [0.29, 0.717) is 12.5 Å². The summed E-state index contributed by atoms with van der Waals surface area (Å²) >= 11 is 0. The molecule has 4 aromatic carbocycles. The first-order valence-electron chi connectivity index (χ1n) is 13.7.